The molecule has 2 amide bonds. The van der Waals surface area contributed by atoms with Crippen molar-refractivity contribution in [2.75, 3.05) is 42.1 Å². The highest BCUT2D eigenvalue weighted by Gasteiger charge is 2.22. The Morgan fingerprint density at radius 3 is 2.29 bits per heavy atom. The Bertz CT molecular complexity index is 1190. The third kappa shape index (κ3) is 7.28. The number of carbonyl (C=O) groups is 2. The van der Waals surface area contributed by atoms with Gasteiger partial charge in [-0.15, -0.1) is 11.8 Å². The van der Waals surface area contributed by atoms with Gasteiger partial charge in [-0.2, -0.15) is 0 Å². The number of nitrogens with one attached hydrogen (secondary N) is 1. The molecule has 4 rings (SSSR count). The number of thioether (sulfide) groups is 1. The second kappa shape index (κ2) is 12.2. The number of hydrogen-bond acceptors (Lipinski definition) is 4. The lowest BCUT2D eigenvalue weighted by Gasteiger charge is -2.36. The Morgan fingerprint density at radius 2 is 1.57 bits per heavy atom. The number of benzene rings is 3. The van der Waals surface area contributed by atoms with E-state index in [1.807, 2.05) is 65.6 Å². The molecular formula is C27H25Cl2N3O2S. The molecule has 35 heavy (non-hydrogen) atoms. The molecule has 0 aliphatic carbocycles. The smallest absolute Gasteiger partial charge is 0.246 e. The quantitative estimate of drug-likeness (QED) is 0.299. The van der Waals surface area contributed by atoms with Crippen molar-refractivity contribution in [2.24, 2.45) is 0 Å². The number of nitrogens with zero attached hydrogens (tertiary/aromatic N) is 2. The van der Waals surface area contributed by atoms with E-state index in [1.165, 1.54) is 11.8 Å². The van der Waals surface area contributed by atoms with Crippen molar-refractivity contribution in [2.45, 2.75) is 4.90 Å². The van der Waals surface area contributed by atoms with Crippen molar-refractivity contribution in [3.8, 4) is 0 Å². The van der Waals surface area contributed by atoms with E-state index >= 15 is 0 Å². The number of piperazine rings is 1. The van der Waals surface area contributed by atoms with Gasteiger partial charge in [0.1, 0.15) is 0 Å². The summed E-state index contributed by atoms with van der Waals surface area (Å²) in [6, 6.07) is 22.7. The molecule has 0 atom stereocenters. The van der Waals surface area contributed by atoms with Crippen molar-refractivity contribution in [1.82, 2.24) is 4.90 Å². The van der Waals surface area contributed by atoms with E-state index in [9.17, 15) is 9.59 Å². The van der Waals surface area contributed by atoms with Crippen LogP contribution in [-0.4, -0.2) is 48.6 Å². The minimum Gasteiger partial charge on any atom is -0.366 e. The zero-order valence-electron chi connectivity index (χ0n) is 19.0. The first kappa shape index (κ1) is 25.2. The van der Waals surface area contributed by atoms with Crippen molar-refractivity contribution in [1.29, 1.82) is 0 Å². The fourth-order valence-corrected chi connectivity index (χ4v) is 4.75. The summed E-state index contributed by atoms with van der Waals surface area (Å²) in [5.41, 5.74) is 2.56. The third-order valence-corrected chi connectivity index (χ3v) is 7.07. The van der Waals surface area contributed by atoms with Gasteiger partial charge in [0, 0.05) is 47.2 Å². The predicted molar refractivity (Wildman–Crippen MR) is 147 cm³/mol. The number of hydrogen-bond donors (Lipinski definition) is 1. The standard InChI is InChI=1S/C27H25Cl2N3O2S/c28-21-7-10-23(11-8-21)35-19-26(33)30-24-18-22(29)9-12-25(24)31-14-16-32(17-15-31)27(34)13-6-20-4-2-1-3-5-20/h1-13,18H,14-17,19H2,(H,30,33)/b13-6+. The number of rotatable bonds is 7. The molecule has 1 N–H and O–H groups in total. The molecule has 3 aromatic carbocycles. The lowest BCUT2D eigenvalue weighted by molar-refractivity contribution is -0.126. The second-order valence-electron chi connectivity index (χ2n) is 8.01. The van der Waals surface area contributed by atoms with Crippen molar-refractivity contribution in [3.63, 3.8) is 0 Å². The van der Waals surface area contributed by atoms with Gasteiger partial charge in [-0.3, -0.25) is 9.59 Å². The molecule has 8 heteroatoms. The fourth-order valence-electron chi connectivity index (χ4n) is 3.75. The minimum atomic E-state index is -0.117. The maximum absolute atomic E-state index is 12.6. The summed E-state index contributed by atoms with van der Waals surface area (Å²) < 4.78 is 0. The van der Waals surface area contributed by atoms with Crippen molar-refractivity contribution >= 4 is 64.2 Å². The van der Waals surface area contributed by atoms with Crippen LogP contribution >= 0.6 is 35.0 Å². The van der Waals surface area contributed by atoms with E-state index in [4.69, 9.17) is 23.2 Å². The summed E-state index contributed by atoms with van der Waals surface area (Å²) in [6.07, 6.45) is 3.46. The van der Waals surface area contributed by atoms with Crippen LogP contribution in [0.4, 0.5) is 11.4 Å². The molecule has 5 nitrogen and oxygen atoms in total. The van der Waals surface area contributed by atoms with Gasteiger partial charge in [-0.25, -0.2) is 0 Å². The van der Waals surface area contributed by atoms with Gasteiger partial charge >= 0.3 is 0 Å². The molecular weight excluding hydrogens is 501 g/mol. The number of amides is 2. The molecule has 0 radical (unpaired) electrons. The molecule has 0 bridgehead atoms. The third-order valence-electron chi connectivity index (χ3n) is 5.57. The van der Waals surface area contributed by atoms with E-state index in [1.54, 1.807) is 24.3 Å². The number of anilines is 2. The van der Waals surface area contributed by atoms with E-state index in [0.29, 0.717) is 41.9 Å². The first-order valence-corrected chi connectivity index (χ1v) is 13.0. The summed E-state index contributed by atoms with van der Waals surface area (Å²) in [5, 5.41) is 4.21. The Balaban J connectivity index is 1.34. The van der Waals surface area contributed by atoms with Gasteiger partial charge in [-0.1, -0.05) is 53.5 Å². The van der Waals surface area contributed by atoms with Crippen molar-refractivity contribution in [3.05, 3.63) is 94.5 Å². The first-order chi connectivity index (χ1) is 17.0. The highest BCUT2D eigenvalue weighted by Crippen LogP contribution is 2.31. The van der Waals surface area contributed by atoms with E-state index in [0.717, 1.165) is 16.1 Å². The Hall–Kier alpha value is -2.93. The summed E-state index contributed by atoms with van der Waals surface area (Å²) in [5.74, 6) is 0.148. The lowest BCUT2D eigenvalue weighted by Crippen LogP contribution is -2.48. The van der Waals surface area contributed by atoms with Crippen LogP contribution in [-0.2, 0) is 9.59 Å². The van der Waals surface area contributed by atoms with Crippen LogP contribution in [0.1, 0.15) is 5.56 Å². The molecule has 0 aromatic heterocycles. The van der Waals surface area contributed by atoms with E-state index in [-0.39, 0.29) is 17.6 Å². The maximum Gasteiger partial charge on any atom is 0.246 e. The van der Waals surface area contributed by atoms with Gasteiger partial charge in [0.2, 0.25) is 11.8 Å². The van der Waals surface area contributed by atoms with Crippen LogP contribution in [0.5, 0.6) is 0 Å². The van der Waals surface area contributed by atoms with E-state index in [2.05, 4.69) is 10.2 Å². The molecule has 0 unspecified atom stereocenters. The van der Waals surface area contributed by atoms with Crippen molar-refractivity contribution < 1.29 is 9.59 Å². The van der Waals surface area contributed by atoms with Crippen LogP contribution in [0.2, 0.25) is 10.0 Å². The lowest BCUT2D eigenvalue weighted by atomic mass is 10.2. The summed E-state index contributed by atoms with van der Waals surface area (Å²) in [7, 11) is 0. The van der Waals surface area contributed by atoms with Gasteiger partial charge in [-0.05, 0) is 54.1 Å². The van der Waals surface area contributed by atoms with Crippen LogP contribution in [0.25, 0.3) is 6.08 Å². The highest BCUT2D eigenvalue weighted by molar-refractivity contribution is 8.00. The fraction of sp³-hybridized carbons (Fsp3) is 0.185. The molecule has 0 spiro atoms. The van der Waals surface area contributed by atoms with Gasteiger partial charge in [0.05, 0.1) is 17.1 Å². The molecule has 1 aliphatic heterocycles. The summed E-state index contributed by atoms with van der Waals surface area (Å²) in [6.45, 7) is 2.52. The predicted octanol–water partition coefficient (Wildman–Crippen LogP) is 6.09. The number of halogens is 2. The molecule has 0 saturated carbocycles. The van der Waals surface area contributed by atoms with Gasteiger partial charge in [0.15, 0.2) is 0 Å². The van der Waals surface area contributed by atoms with Crippen LogP contribution < -0.4 is 10.2 Å². The zero-order chi connectivity index (χ0) is 24.6. The monoisotopic (exact) mass is 525 g/mol. The van der Waals surface area contributed by atoms with Gasteiger partial charge < -0.3 is 15.1 Å². The molecule has 1 saturated heterocycles. The topological polar surface area (TPSA) is 52.7 Å². The zero-order valence-corrected chi connectivity index (χ0v) is 21.3. The largest absolute Gasteiger partial charge is 0.366 e. The Morgan fingerprint density at radius 1 is 0.886 bits per heavy atom. The first-order valence-electron chi connectivity index (χ1n) is 11.2. The molecule has 1 aliphatic rings. The normalized spacial score (nSPS) is 13.8. The number of carbonyl (C=O) groups excluding carboxylic acids is 2. The van der Waals surface area contributed by atoms with E-state index < -0.39 is 0 Å². The SMILES string of the molecule is O=C(CSc1ccc(Cl)cc1)Nc1cc(Cl)ccc1N1CCN(C(=O)/C=C/c2ccccc2)CC1. The summed E-state index contributed by atoms with van der Waals surface area (Å²) >= 11 is 13.6. The molecule has 1 fully saturated rings. The van der Waals surface area contributed by atoms with Crippen LogP contribution in [0.3, 0.4) is 0 Å². The Labute approximate surface area is 219 Å². The Kier molecular flexibility index (Phi) is 8.74. The molecule has 1 heterocycles. The molecule has 3 aromatic rings. The highest BCUT2D eigenvalue weighted by atomic mass is 35.5. The van der Waals surface area contributed by atoms with Crippen LogP contribution in [0, 0.1) is 0 Å². The average Bonchev–Trinajstić information content (AvgIpc) is 2.88. The second-order valence-corrected chi connectivity index (χ2v) is 9.93. The van der Waals surface area contributed by atoms with Crippen LogP contribution in [0.15, 0.2) is 83.8 Å². The van der Waals surface area contributed by atoms with Gasteiger partial charge in [0.25, 0.3) is 0 Å². The maximum atomic E-state index is 12.6. The average molecular weight is 526 g/mol. The molecule has 180 valence electrons. The summed E-state index contributed by atoms with van der Waals surface area (Å²) in [4.78, 5) is 30.2. The minimum absolute atomic E-state index is 0.00244.